The first-order valence-electron chi connectivity index (χ1n) is 10.6. The van der Waals surface area contributed by atoms with Gasteiger partial charge in [0.1, 0.15) is 5.75 Å². The van der Waals surface area contributed by atoms with Gasteiger partial charge in [0.25, 0.3) is 0 Å². The second kappa shape index (κ2) is 9.15. The van der Waals surface area contributed by atoms with Gasteiger partial charge >= 0.3 is 0 Å². The van der Waals surface area contributed by atoms with Crippen LogP contribution in [0.25, 0.3) is 6.08 Å². The van der Waals surface area contributed by atoms with Crippen LogP contribution in [0.5, 0.6) is 5.75 Å². The summed E-state index contributed by atoms with van der Waals surface area (Å²) >= 11 is 0. The molecule has 0 aromatic heterocycles. The van der Waals surface area contributed by atoms with E-state index in [2.05, 4.69) is 69.3 Å². The molecule has 0 aliphatic heterocycles. The Balaban J connectivity index is 2.01. The van der Waals surface area contributed by atoms with Crippen LogP contribution in [0, 0.1) is 19.8 Å². The third-order valence-electron chi connectivity index (χ3n) is 6.24. The van der Waals surface area contributed by atoms with Gasteiger partial charge in [0, 0.05) is 18.9 Å². The minimum absolute atomic E-state index is 0.218. The van der Waals surface area contributed by atoms with Gasteiger partial charge in [-0.05, 0) is 81.6 Å². The Bertz CT molecular complexity index is 854. The molecule has 0 bridgehead atoms. The maximum Gasteiger partial charge on any atom is 0.118 e. The minimum atomic E-state index is -0.832. The molecule has 3 heteroatoms. The molecule has 1 aliphatic rings. The number of hydrogen-bond acceptors (Lipinski definition) is 3. The lowest BCUT2D eigenvalue weighted by Crippen LogP contribution is -2.48. The number of aliphatic hydroxyl groups is 1. The average Bonchev–Trinajstić information content (AvgIpc) is 2.68. The molecule has 0 saturated heterocycles. The zero-order valence-electron chi connectivity index (χ0n) is 18.5. The molecule has 2 aromatic rings. The molecule has 2 unspecified atom stereocenters. The minimum Gasteiger partial charge on any atom is -0.497 e. The summed E-state index contributed by atoms with van der Waals surface area (Å²) in [7, 11) is 5.88. The molecule has 2 atom stereocenters. The number of benzene rings is 2. The van der Waals surface area contributed by atoms with E-state index in [0.717, 1.165) is 42.7 Å². The van der Waals surface area contributed by atoms with E-state index in [9.17, 15) is 5.11 Å². The Morgan fingerprint density at radius 1 is 1.14 bits per heavy atom. The molecule has 1 fully saturated rings. The third-order valence-corrected chi connectivity index (χ3v) is 6.24. The Labute approximate surface area is 176 Å². The second-order valence-electron chi connectivity index (χ2n) is 8.83. The van der Waals surface area contributed by atoms with Crippen LogP contribution in [0.2, 0.25) is 0 Å². The predicted molar refractivity (Wildman–Crippen MR) is 121 cm³/mol. The molecule has 0 heterocycles. The summed E-state index contributed by atoms with van der Waals surface area (Å²) in [6.45, 7) is 5.16. The van der Waals surface area contributed by atoms with E-state index in [1.165, 1.54) is 16.7 Å². The van der Waals surface area contributed by atoms with Crippen LogP contribution >= 0.6 is 0 Å². The number of hydrogen-bond donors (Lipinski definition) is 1. The van der Waals surface area contributed by atoms with Crippen molar-refractivity contribution in [3.8, 4) is 5.75 Å². The van der Waals surface area contributed by atoms with Gasteiger partial charge in [0.15, 0.2) is 0 Å². The average molecular weight is 394 g/mol. The van der Waals surface area contributed by atoms with Crippen molar-refractivity contribution in [1.29, 1.82) is 0 Å². The van der Waals surface area contributed by atoms with Crippen molar-refractivity contribution in [1.82, 2.24) is 4.90 Å². The van der Waals surface area contributed by atoms with Crippen molar-refractivity contribution in [3.05, 3.63) is 70.3 Å². The normalized spacial score (nSPS) is 23.6. The summed E-state index contributed by atoms with van der Waals surface area (Å²) in [5, 5.41) is 12.2. The van der Waals surface area contributed by atoms with E-state index in [1.807, 2.05) is 12.1 Å². The SMILES string of the molecule is COc1ccc(C=C2CCCC(CN(C)C)C2(O)Cc2cc(C)ccc2C)cc1. The first-order chi connectivity index (χ1) is 13.8. The van der Waals surface area contributed by atoms with Gasteiger partial charge < -0.3 is 14.7 Å². The molecule has 1 saturated carbocycles. The fraction of sp³-hybridized carbons (Fsp3) is 0.462. The summed E-state index contributed by atoms with van der Waals surface area (Å²) in [6, 6.07) is 14.7. The zero-order valence-corrected chi connectivity index (χ0v) is 18.5. The molecule has 0 radical (unpaired) electrons. The van der Waals surface area contributed by atoms with E-state index in [4.69, 9.17) is 4.74 Å². The fourth-order valence-corrected chi connectivity index (χ4v) is 4.58. The predicted octanol–water partition coefficient (Wildman–Crippen LogP) is 5.03. The van der Waals surface area contributed by atoms with E-state index in [1.54, 1.807) is 7.11 Å². The van der Waals surface area contributed by atoms with Gasteiger partial charge in [0.05, 0.1) is 12.7 Å². The molecule has 0 spiro atoms. The summed E-state index contributed by atoms with van der Waals surface area (Å²) in [6.07, 6.45) is 5.99. The molecule has 2 aromatic carbocycles. The summed E-state index contributed by atoms with van der Waals surface area (Å²) in [5.74, 6) is 1.07. The summed E-state index contributed by atoms with van der Waals surface area (Å²) in [5.41, 5.74) is 5.18. The van der Waals surface area contributed by atoms with Gasteiger partial charge in [-0.2, -0.15) is 0 Å². The van der Waals surface area contributed by atoms with Crippen molar-refractivity contribution in [3.63, 3.8) is 0 Å². The molecule has 3 rings (SSSR count). The quantitative estimate of drug-likeness (QED) is 0.747. The molecule has 29 heavy (non-hydrogen) atoms. The number of nitrogens with zero attached hydrogens (tertiary/aromatic N) is 1. The van der Waals surface area contributed by atoms with E-state index in [-0.39, 0.29) is 5.92 Å². The number of rotatable bonds is 6. The van der Waals surface area contributed by atoms with Crippen molar-refractivity contribution in [2.45, 2.75) is 45.1 Å². The highest BCUT2D eigenvalue weighted by molar-refractivity contribution is 5.57. The Morgan fingerprint density at radius 2 is 1.86 bits per heavy atom. The van der Waals surface area contributed by atoms with Crippen molar-refractivity contribution in [2.24, 2.45) is 5.92 Å². The summed E-state index contributed by atoms with van der Waals surface area (Å²) < 4.78 is 5.29. The Morgan fingerprint density at radius 3 is 2.52 bits per heavy atom. The maximum atomic E-state index is 12.2. The third kappa shape index (κ3) is 5.09. The van der Waals surface area contributed by atoms with Gasteiger partial charge in [-0.3, -0.25) is 0 Å². The lowest BCUT2D eigenvalue weighted by Gasteiger charge is -2.44. The smallest absolute Gasteiger partial charge is 0.118 e. The highest BCUT2D eigenvalue weighted by atomic mass is 16.5. The fourth-order valence-electron chi connectivity index (χ4n) is 4.58. The molecule has 0 amide bonds. The van der Waals surface area contributed by atoms with Crippen LogP contribution in [0.3, 0.4) is 0 Å². The number of aryl methyl sites for hydroxylation is 2. The van der Waals surface area contributed by atoms with Crippen LogP contribution in [0.1, 0.15) is 41.5 Å². The molecular formula is C26H35NO2. The first kappa shape index (κ1) is 21.6. The molecule has 1 N–H and O–H groups in total. The van der Waals surface area contributed by atoms with Crippen LogP contribution in [-0.4, -0.2) is 43.4 Å². The second-order valence-corrected chi connectivity index (χ2v) is 8.83. The largest absolute Gasteiger partial charge is 0.497 e. The van der Waals surface area contributed by atoms with Crippen molar-refractivity contribution < 1.29 is 9.84 Å². The number of ether oxygens (including phenoxy) is 1. The molecule has 3 nitrogen and oxygen atoms in total. The van der Waals surface area contributed by atoms with Crippen LogP contribution in [-0.2, 0) is 6.42 Å². The first-order valence-corrected chi connectivity index (χ1v) is 10.6. The van der Waals surface area contributed by atoms with Crippen LogP contribution < -0.4 is 4.74 Å². The molecular weight excluding hydrogens is 358 g/mol. The molecule has 156 valence electrons. The van der Waals surface area contributed by atoms with E-state index in [0.29, 0.717) is 6.42 Å². The standard InChI is InChI=1S/C26H35NO2/c1-19-9-10-20(2)22(15-19)17-26(28)23(7-6-8-24(26)18-27(3)4)16-21-11-13-25(29-5)14-12-21/h9-16,24,28H,6-8,17-18H2,1-5H3. The Hall–Kier alpha value is -2.10. The zero-order chi connectivity index (χ0) is 21.0. The Kier molecular flexibility index (Phi) is 6.81. The van der Waals surface area contributed by atoms with Crippen LogP contribution in [0.4, 0.5) is 0 Å². The topological polar surface area (TPSA) is 32.7 Å². The highest BCUT2D eigenvalue weighted by Gasteiger charge is 2.42. The van der Waals surface area contributed by atoms with Gasteiger partial charge in [-0.1, -0.05) is 42.0 Å². The van der Waals surface area contributed by atoms with Gasteiger partial charge in [-0.15, -0.1) is 0 Å². The van der Waals surface area contributed by atoms with Crippen molar-refractivity contribution >= 4 is 6.08 Å². The van der Waals surface area contributed by atoms with Gasteiger partial charge in [-0.25, -0.2) is 0 Å². The van der Waals surface area contributed by atoms with Crippen molar-refractivity contribution in [2.75, 3.05) is 27.7 Å². The maximum absolute atomic E-state index is 12.2. The monoisotopic (exact) mass is 393 g/mol. The molecule has 1 aliphatic carbocycles. The summed E-state index contributed by atoms with van der Waals surface area (Å²) in [4.78, 5) is 2.20. The van der Waals surface area contributed by atoms with E-state index < -0.39 is 5.60 Å². The van der Waals surface area contributed by atoms with E-state index >= 15 is 0 Å². The highest BCUT2D eigenvalue weighted by Crippen LogP contribution is 2.42. The lowest BCUT2D eigenvalue weighted by atomic mass is 9.68. The van der Waals surface area contributed by atoms with Crippen LogP contribution in [0.15, 0.2) is 48.0 Å². The lowest BCUT2D eigenvalue weighted by molar-refractivity contribution is -0.0124. The number of methoxy groups -OCH3 is 1. The van der Waals surface area contributed by atoms with Gasteiger partial charge in [0.2, 0.25) is 0 Å².